The average Bonchev–Trinajstić information content (AvgIpc) is 3.82. The number of alkyl halides is 2. The summed E-state index contributed by atoms with van der Waals surface area (Å²) in [6.45, 7) is 18.4. The van der Waals surface area contributed by atoms with Gasteiger partial charge in [-0.05, 0) is 25.7 Å². The maximum Gasteiger partial charge on any atom is 2.00 e. The molecule has 6 rings (SSSR count). The van der Waals surface area contributed by atoms with Crippen LogP contribution in [-0.2, 0) is 15.9 Å². The number of rotatable bonds is 8. The van der Waals surface area contributed by atoms with Crippen LogP contribution in [0.3, 0.4) is 0 Å². The zero-order valence-corrected chi connectivity index (χ0v) is 31.1. The van der Waals surface area contributed by atoms with E-state index in [0.717, 1.165) is 37.8 Å². The smallest absolute Gasteiger partial charge is 1.00 e. The normalized spacial score (nSPS) is 26.4. The molecule has 47 heavy (non-hydrogen) atoms. The third-order valence-electron chi connectivity index (χ3n) is 8.24. The molecule has 0 unspecified atom stereocenters. The molecule has 252 valence electrons. The number of aromatic nitrogens is 8. The topological polar surface area (TPSA) is 106 Å². The molecule has 0 radical (unpaired) electrons. The van der Waals surface area contributed by atoms with Gasteiger partial charge >= 0.3 is 23.1 Å². The molecular formula is C32H42BrClF2MgN8O2. The van der Waals surface area contributed by atoms with Gasteiger partial charge < -0.3 is 33.4 Å². The fourth-order valence-electron chi connectivity index (χ4n) is 5.58. The number of nitrogens with zero attached hydrogens (tertiary/aromatic N) is 8. The van der Waals surface area contributed by atoms with Gasteiger partial charge in [0, 0.05) is 11.8 Å². The third-order valence-corrected chi connectivity index (χ3v) is 8.52. The summed E-state index contributed by atoms with van der Waals surface area (Å²) in [6.07, 6.45) is 9.88. The standard InChI is InChI=1S/C16H21FN4O.C12H14ClFN4O.C4H7.BrH.Mg/c1-4-6-7-11-14-15(19-8-18-11)21(9-20-14)16-13(17)10(3)12(5-2)22-16;1-3-7-6(2)8(14)12(19-7)18-5-17-9-10(13)15-4-16-11(9)18;1-3-4-2;;/h4,8-10,12-13,16H,1,5-7H2,2-3H3;4-8,12H,3H2,1-2H3;3H,1-2,4H2;1H;/q;;-1;;+2/p-1/t10-,12-,13-,16-;6-,7-,8-,12-;;;/m11.../s1. The van der Waals surface area contributed by atoms with Gasteiger partial charge in [0.1, 0.15) is 23.7 Å². The van der Waals surface area contributed by atoms with Crippen molar-refractivity contribution >= 4 is 57.0 Å². The molecule has 0 spiro atoms. The van der Waals surface area contributed by atoms with E-state index in [1.54, 1.807) is 21.5 Å². The first-order chi connectivity index (χ1) is 21.7. The molecule has 6 heterocycles. The van der Waals surface area contributed by atoms with E-state index in [4.69, 9.17) is 21.1 Å². The van der Waals surface area contributed by atoms with Gasteiger partial charge in [-0.15, -0.1) is 19.2 Å². The number of fused-ring (bicyclic) bond motifs is 2. The SMILES string of the molecule is C=CCCc1ncnc2c1ncn2[C@@H]1O[C@H](CC)[C@@H](C)[C@H]1F.C=CC[CH2-].CC[C@H]1O[C@@H](n2cnc3c(Cl)ncnc32)[C@H](F)[C@@H]1C.[Br-].[Mg+2]. The Morgan fingerprint density at radius 2 is 1.30 bits per heavy atom. The summed E-state index contributed by atoms with van der Waals surface area (Å²) in [5.74, 6) is -0.278. The second-order valence-corrected chi connectivity index (χ2v) is 11.4. The molecule has 4 aromatic heterocycles. The van der Waals surface area contributed by atoms with Gasteiger partial charge in [-0.1, -0.05) is 45.4 Å². The molecule has 0 amide bonds. The Bertz CT molecular complexity index is 1580. The van der Waals surface area contributed by atoms with Crippen LogP contribution in [0.1, 0.15) is 71.5 Å². The molecule has 0 N–H and O–H groups in total. The fraction of sp³-hybridized carbons (Fsp3) is 0.531. The molecule has 0 aromatic carbocycles. The minimum absolute atomic E-state index is 0. The molecular weight excluding hydrogens is 706 g/mol. The summed E-state index contributed by atoms with van der Waals surface area (Å²) in [6, 6.07) is 0. The molecule has 2 fully saturated rings. The first kappa shape index (κ1) is 41.1. The maximum absolute atomic E-state index is 14.6. The number of ether oxygens (including phenoxy) is 2. The van der Waals surface area contributed by atoms with Crippen molar-refractivity contribution in [3.05, 3.63) is 68.4 Å². The third kappa shape index (κ3) is 8.93. The van der Waals surface area contributed by atoms with E-state index in [2.05, 4.69) is 50.0 Å². The van der Waals surface area contributed by atoms with E-state index < -0.39 is 24.8 Å². The zero-order chi connectivity index (χ0) is 32.7. The van der Waals surface area contributed by atoms with E-state index in [0.29, 0.717) is 22.3 Å². The van der Waals surface area contributed by atoms with Crippen molar-refractivity contribution < 1.29 is 35.2 Å². The number of hydrogen-bond donors (Lipinski definition) is 0. The van der Waals surface area contributed by atoms with Crippen molar-refractivity contribution in [2.45, 2.75) is 96.8 Å². The van der Waals surface area contributed by atoms with Crippen molar-refractivity contribution in [2.75, 3.05) is 0 Å². The van der Waals surface area contributed by atoms with Crippen LogP contribution < -0.4 is 17.0 Å². The van der Waals surface area contributed by atoms with Crippen molar-refractivity contribution in [3.8, 4) is 0 Å². The Labute approximate surface area is 306 Å². The predicted octanol–water partition coefficient (Wildman–Crippen LogP) is 4.01. The summed E-state index contributed by atoms with van der Waals surface area (Å²) in [5.41, 5.74) is 3.17. The summed E-state index contributed by atoms with van der Waals surface area (Å²) in [5, 5.41) is 0.261. The molecule has 2 aliphatic heterocycles. The van der Waals surface area contributed by atoms with Gasteiger partial charge in [0.15, 0.2) is 41.2 Å². The molecule has 15 heteroatoms. The number of allylic oxidation sites excluding steroid dienone is 2. The molecule has 2 aliphatic rings. The number of hydrogen-bond acceptors (Lipinski definition) is 8. The number of aryl methyl sites for hydroxylation is 1. The first-order valence-electron chi connectivity index (χ1n) is 15.3. The van der Waals surface area contributed by atoms with Crippen LogP contribution in [-0.4, -0.2) is 86.6 Å². The van der Waals surface area contributed by atoms with Crippen LogP contribution in [0.25, 0.3) is 22.3 Å². The van der Waals surface area contributed by atoms with E-state index in [1.807, 2.05) is 33.8 Å². The Morgan fingerprint density at radius 3 is 1.74 bits per heavy atom. The van der Waals surface area contributed by atoms with Gasteiger partial charge in [-0.3, -0.25) is 9.13 Å². The molecule has 10 nitrogen and oxygen atoms in total. The average molecular weight is 748 g/mol. The number of imidazole rings is 2. The van der Waals surface area contributed by atoms with Crippen LogP contribution in [0.5, 0.6) is 0 Å². The van der Waals surface area contributed by atoms with Gasteiger partial charge in [-0.2, -0.15) is 6.42 Å². The Hall–Kier alpha value is -2.10. The van der Waals surface area contributed by atoms with Crippen molar-refractivity contribution in [2.24, 2.45) is 11.8 Å². The molecule has 2 saturated heterocycles. The van der Waals surface area contributed by atoms with Crippen LogP contribution in [0.15, 0.2) is 50.6 Å². The van der Waals surface area contributed by atoms with E-state index in [-0.39, 0.29) is 69.2 Å². The van der Waals surface area contributed by atoms with Crippen molar-refractivity contribution in [1.29, 1.82) is 0 Å². The van der Waals surface area contributed by atoms with E-state index in [1.165, 1.54) is 19.0 Å². The summed E-state index contributed by atoms with van der Waals surface area (Å²) in [7, 11) is 0. The summed E-state index contributed by atoms with van der Waals surface area (Å²) >= 11 is 5.94. The van der Waals surface area contributed by atoms with Gasteiger partial charge in [0.2, 0.25) is 0 Å². The second-order valence-electron chi connectivity index (χ2n) is 11.1. The Morgan fingerprint density at radius 1 is 0.830 bits per heavy atom. The van der Waals surface area contributed by atoms with Crippen molar-refractivity contribution in [1.82, 2.24) is 39.0 Å². The maximum atomic E-state index is 14.6. The van der Waals surface area contributed by atoms with Crippen LogP contribution in [0.4, 0.5) is 8.78 Å². The zero-order valence-electron chi connectivity index (χ0n) is 27.4. The quantitative estimate of drug-likeness (QED) is 0.115. The molecule has 0 saturated carbocycles. The van der Waals surface area contributed by atoms with E-state index >= 15 is 0 Å². The largest absolute Gasteiger partial charge is 2.00 e. The first-order valence-corrected chi connectivity index (χ1v) is 15.7. The summed E-state index contributed by atoms with van der Waals surface area (Å²) in [4.78, 5) is 25.0. The van der Waals surface area contributed by atoms with Crippen LogP contribution in [0.2, 0.25) is 5.15 Å². The minimum atomic E-state index is -1.09. The summed E-state index contributed by atoms with van der Waals surface area (Å²) < 4.78 is 43.9. The van der Waals surface area contributed by atoms with Gasteiger partial charge in [-0.25, -0.2) is 38.7 Å². The molecule has 8 atom stereocenters. The molecule has 4 aromatic rings. The Kier molecular flexibility index (Phi) is 16.8. The van der Waals surface area contributed by atoms with E-state index in [9.17, 15) is 8.78 Å². The van der Waals surface area contributed by atoms with Crippen LogP contribution >= 0.6 is 11.6 Å². The fourth-order valence-corrected chi connectivity index (χ4v) is 5.75. The monoisotopic (exact) mass is 746 g/mol. The van der Waals surface area contributed by atoms with Gasteiger partial charge in [0.05, 0.1) is 30.6 Å². The second kappa shape index (κ2) is 19.2. The Balaban J connectivity index is 0.000000285. The van der Waals surface area contributed by atoms with Crippen molar-refractivity contribution in [3.63, 3.8) is 0 Å². The molecule has 0 aliphatic carbocycles. The number of halogens is 4. The molecule has 0 bridgehead atoms. The van der Waals surface area contributed by atoms with Gasteiger partial charge in [0.25, 0.3) is 0 Å². The van der Waals surface area contributed by atoms with Crippen LogP contribution in [0, 0.1) is 18.8 Å². The minimum Gasteiger partial charge on any atom is -1.00 e. The predicted molar refractivity (Wildman–Crippen MR) is 177 cm³/mol.